The molecule has 0 unspecified atom stereocenters. The van der Waals surface area contributed by atoms with E-state index in [0.29, 0.717) is 5.75 Å². The first-order valence-electron chi connectivity index (χ1n) is 5.68. The lowest BCUT2D eigenvalue weighted by atomic mass is 10.2. The molecule has 90 valence electrons. The molecule has 0 N–H and O–H groups in total. The van der Waals surface area contributed by atoms with E-state index in [1.807, 2.05) is 6.07 Å². The number of unbranched alkanes of at least 4 members (excludes halogenated alkanes) is 1. The average molecular weight is 225 g/mol. The number of hydrogen-bond acceptors (Lipinski definition) is 2. The molecular weight excluding hydrogens is 205 g/mol. The molecule has 0 spiro atoms. The molecule has 2 nitrogen and oxygen atoms in total. The van der Waals surface area contributed by atoms with Crippen LogP contribution in [0.25, 0.3) is 0 Å². The van der Waals surface area contributed by atoms with Crippen LogP contribution in [0.4, 0.5) is 4.39 Å². The summed E-state index contributed by atoms with van der Waals surface area (Å²) in [6, 6.07) is 5.13. The van der Waals surface area contributed by atoms with Crippen molar-refractivity contribution in [2.24, 2.45) is 0 Å². The monoisotopic (exact) mass is 225 g/mol. The highest BCUT2D eigenvalue weighted by molar-refractivity contribution is 5.29. The Morgan fingerprint density at radius 3 is 2.69 bits per heavy atom. The van der Waals surface area contributed by atoms with Crippen LogP contribution in [0.5, 0.6) is 5.75 Å². The minimum absolute atomic E-state index is 0.288. The number of rotatable bonds is 6. The van der Waals surface area contributed by atoms with Gasteiger partial charge in [-0.3, -0.25) is 0 Å². The normalized spacial score (nSPS) is 10.8. The molecule has 3 heteroatoms. The molecule has 0 heterocycles. The van der Waals surface area contributed by atoms with E-state index < -0.39 is 0 Å². The third-order valence-electron chi connectivity index (χ3n) is 2.56. The Hall–Kier alpha value is -1.09. The Kier molecular flexibility index (Phi) is 5.26. The summed E-state index contributed by atoms with van der Waals surface area (Å²) >= 11 is 0. The van der Waals surface area contributed by atoms with E-state index in [4.69, 9.17) is 4.74 Å². The molecule has 0 aliphatic heterocycles. The molecule has 0 saturated carbocycles. The molecule has 0 atom stereocenters. The van der Waals surface area contributed by atoms with Crippen molar-refractivity contribution in [2.45, 2.75) is 26.3 Å². The van der Waals surface area contributed by atoms with Crippen molar-refractivity contribution in [3.8, 4) is 5.75 Å². The van der Waals surface area contributed by atoms with Gasteiger partial charge >= 0.3 is 0 Å². The molecule has 0 radical (unpaired) electrons. The molecule has 0 fully saturated rings. The van der Waals surface area contributed by atoms with Gasteiger partial charge < -0.3 is 9.64 Å². The number of ether oxygens (including phenoxy) is 1. The molecule has 0 amide bonds. The van der Waals surface area contributed by atoms with Crippen molar-refractivity contribution >= 4 is 0 Å². The Bertz CT molecular complexity index is 328. The van der Waals surface area contributed by atoms with Gasteiger partial charge in [0.05, 0.1) is 7.11 Å². The molecule has 0 aromatic heterocycles. The van der Waals surface area contributed by atoms with Crippen LogP contribution in [-0.2, 0) is 6.54 Å². The van der Waals surface area contributed by atoms with Crippen molar-refractivity contribution in [3.05, 3.63) is 29.6 Å². The zero-order valence-corrected chi connectivity index (χ0v) is 10.3. The van der Waals surface area contributed by atoms with Gasteiger partial charge in [0.25, 0.3) is 0 Å². The second-order valence-electron chi connectivity index (χ2n) is 4.06. The standard InChI is InChI=1S/C13H20FNO/c1-4-5-8-15(2)10-11-6-7-13(16-3)12(14)9-11/h6-7,9H,4-5,8,10H2,1-3H3. The lowest BCUT2D eigenvalue weighted by Crippen LogP contribution is -2.18. The zero-order chi connectivity index (χ0) is 12.0. The highest BCUT2D eigenvalue weighted by atomic mass is 19.1. The fourth-order valence-corrected chi connectivity index (χ4v) is 1.63. The second-order valence-corrected chi connectivity index (χ2v) is 4.06. The molecule has 1 aromatic rings. The fourth-order valence-electron chi connectivity index (χ4n) is 1.63. The van der Waals surface area contributed by atoms with Gasteiger partial charge in [-0.25, -0.2) is 4.39 Å². The van der Waals surface area contributed by atoms with Crippen LogP contribution in [0, 0.1) is 5.82 Å². The summed E-state index contributed by atoms with van der Waals surface area (Å²) in [6.07, 6.45) is 2.36. The van der Waals surface area contributed by atoms with Crippen molar-refractivity contribution < 1.29 is 9.13 Å². The maximum Gasteiger partial charge on any atom is 0.165 e. The number of methoxy groups -OCH3 is 1. The lowest BCUT2D eigenvalue weighted by molar-refractivity contribution is 0.319. The van der Waals surface area contributed by atoms with Crippen LogP contribution in [0.3, 0.4) is 0 Å². The minimum Gasteiger partial charge on any atom is -0.494 e. The van der Waals surface area contributed by atoms with Gasteiger partial charge in [-0.15, -0.1) is 0 Å². The van der Waals surface area contributed by atoms with Gasteiger partial charge in [0, 0.05) is 6.54 Å². The first-order valence-corrected chi connectivity index (χ1v) is 5.68. The summed E-state index contributed by atoms with van der Waals surface area (Å²) in [4.78, 5) is 2.20. The van der Waals surface area contributed by atoms with E-state index in [-0.39, 0.29) is 5.82 Å². The minimum atomic E-state index is -0.288. The smallest absolute Gasteiger partial charge is 0.165 e. The van der Waals surface area contributed by atoms with Crippen molar-refractivity contribution in [2.75, 3.05) is 20.7 Å². The molecule has 0 aliphatic carbocycles. The molecule has 0 saturated heterocycles. The Morgan fingerprint density at radius 1 is 1.38 bits per heavy atom. The SMILES string of the molecule is CCCCN(C)Cc1ccc(OC)c(F)c1. The number of benzene rings is 1. The third kappa shape index (κ3) is 3.81. The molecule has 1 rings (SSSR count). The molecular formula is C13H20FNO. The maximum absolute atomic E-state index is 13.4. The summed E-state index contributed by atoms with van der Waals surface area (Å²) in [5.41, 5.74) is 0.983. The third-order valence-corrected chi connectivity index (χ3v) is 2.56. The predicted molar refractivity (Wildman–Crippen MR) is 64.2 cm³/mol. The van der Waals surface area contributed by atoms with E-state index in [1.54, 1.807) is 12.1 Å². The average Bonchev–Trinajstić information content (AvgIpc) is 2.26. The fraction of sp³-hybridized carbons (Fsp3) is 0.538. The van der Waals surface area contributed by atoms with Crippen LogP contribution in [0.1, 0.15) is 25.3 Å². The summed E-state index contributed by atoms with van der Waals surface area (Å²) in [5, 5.41) is 0. The number of nitrogens with zero attached hydrogens (tertiary/aromatic N) is 1. The first kappa shape index (κ1) is 13.0. The Balaban J connectivity index is 2.57. The van der Waals surface area contributed by atoms with Gasteiger partial charge in [0.15, 0.2) is 11.6 Å². The van der Waals surface area contributed by atoms with Crippen molar-refractivity contribution in [1.29, 1.82) is 0 Å². The van der Waals surface area contributed by atoms with Crippen LogP contribution in [-0.4, -0.2) is 25.6 Å². The highest BCUT2D eigenvalue weighted by Crippen LogP contribution is 2.18. The van der Waals surface area contributed by atoms with Crippen molar-refractivity contribution in [1.82, 2.24) is 4.90 Å². The van der Waals surface area contributed by atoms with E-state index >= 15 is 0 Å². The van der Waals surface area contributed by atoms with Crippen LogP contribution >= 0.6 is 0 Å². The van der Waals surface area contributed by atoms with E-state index in [1.165, 1.54) is 20.0 Å². The highest BCUT2D eigenvalue weighted by Gasteiger charge is 2.05. The van der Waals surface area contributed by atoms with E-state index in [9.17, 15) is 4.39 Å². The van der Waals surface area contributed by atoms with Gasteiger partial charge in [0.2, 0.25) is 0 Å². The lowest BCUT2D eigenvalue weighted by Gasteiger charge is -2.16. The van der Waals surface area contributed by atoms with Gasteiger partial charge in [-0.05, 0) is 37.7 Å². The summed E-state index contributed by atoms with van der Waals surface area (Å²) < 4.78 is 18.3. The van der Waals surface area contributed by atoms with E-state index in [0.717, 1.165) is 18.7 Å². The molecule has 16 heavy (non-hydrogen) atoms. The van der Waals surface area contributed by atoms with Crippen LogP contribution in [0.15, 0.2) is 18.2 Å². The molecule has 0 aliphatic rings. The van der Waals surface area contributed by atoms with E-state index in [2.05, 4.69) is 18.9 Å². The molecule has 1 aromatic carbocycles. The summed E-state index contributed by atoms with van der Waals surface area (Å²) in [7, 11) is 3.53. The first-order chi connectivity index (χ1) is 7.67. The Labute approximate surface area is 97.0 Å². The largest absolute Gasteiger partial charge is 0.494 e. The van der Waals surface area contributed by atoms with Gasteiger partial charge in [0.1, 0.15) is 0 Å². The second kappa shape index (κ2) is 6.48. The topological polar surface area (TPSA) is 12.5 Å². The van der Waals surface area contributed by atoms with Gasteiger partial charge in [-0.1, -0.05) is 19.4 Å². The van der Waals surface area contributed by atoms with Gasteiger partial charge in [-0.2, -0.15) is 0 Å². The Morgan fingerprint density at radius 2 is 2.12 bits per heavy atom. The quantitative estimate of drug-likeness (QED) is 0.737. The zero-order valence-electron chi connectivity index (χ0n) is 10.3. The van der Waals surface area contributed by atoms with Crippen LogP contribution in [0.2, 0.25) is 0 Å². The van der Waals surface area contributed by atoms with Crippen molar-refractivity contribution in [3.63, 3.8) is 0 Å². The molecule has 0 bridgehead atoms. The van der Waals surface area contributed by atoms with Crippen LogP contribution < -0.4 is 4.74 Å². The number of halogens is 1. The summed E-state index contributed by atoms with van der Waals surface area (Å²) in [6.45, 7) is 3.99. The summed E-state index contributed by atoms with van der Waals surface area (Å²) in [5.74, 6) is 0.0175. The predicted octanol–water partition coefficient (Wildman–Crippen LogP) is 3.07. The number of hydrogen-bond donors (Lipinski definition) is 0. The maximum atomic E-state index is 13.4.